The lowest BCUT2D eigenvalue weighted by molar-refractivity contribution is 0.211. The van der Waals surface area contributed by atoms with Crippen LogP contribution in [0.4, 0.5) is 17.5 Å². The Morgan fingerprint density at radius 3 is 2.46 bits per heavy atom. The Hall–Kier alpha value is -2.87. The highest BCUT2D eigenvalue weighted by Gasteiger charge is 2.21. The van der Waals surface area contributed by atoms with Crippen LogP contribution in [0.1, 0.15) is 35.1 Å². The normalized spacial score (nSPS) is 15.0. The molecular formula is C26H29Cl2N7. The van der Waals surface area contributed by atoms with Gasteiger partial charge in [-0.25, -0.2) is 4.98 Å². The Morgan fingerprint density at radius 2 is 1.74 bits per heavy atom. The molecule has 0 unspecified atom stereocenters. The number of H-pyrrole nitrogens is 1. The van der Waals surface area contributed by atoms with Crippen molar-refractivity contribution in [3.63, 3.8) is 0 Å². The third kappa shape index (κ3) is 5.37. The van der Waals surface area contributed by atoms with Crippen molar-refractivity contribution in [1.82, 2.24) is 24.8 Å². The number of aromatic amines is 1. The smallest absolute Gasteiger partial charge is 0.227 e. The molecule has 4 aromatic rings. The first-order chi connectivity index (χ1) is 16.9. The van der Waals surface area contributed by atoms with Crippen molar-refractivity contribution < 1.29 is 0 Å². The number of imidazole rings is 1. The van der Waals surface area contributed by atoms with E-state index in [1.807, 2.05) is 18.2 Å². The molecule has 0 amide bonds. The number of rotatable bonds is 6. The van der Waals surface area contributed by atoms with Gasteiger partial charge in [0.15, 0.2) is 11.5 Å². The quantitative estimate of drug-likeness (QED) is 0.278. The van der Waals surface area contributed by atoms with Crippen molar-refractivity contribution in [3.05, 3.63) is 69.0 Å². The summed E-state index contributed by atoms with van der Waals surface area (Å²) in [5.74, 6) is 1.32. The van der Waals surface area contributed by atoms with Crippen molar-refractivity contribution in [3.8, 4) is 0 Å². The summed E-state index contributed by atoms with van der Waals surface area (Å²) in [6.45, 7) is 9.16. The lowest BCUT2D eigenvalue weighted by Gasteiger charge is -2.32. The summed E-state index contributed by atoms with van der Waals surface area (Å²) < 4.78 is 0. The van der Waals surface area contributed by atoms with Gasteiger partial charge < -0.3 is 15.6 Å². The number of nitrogens with one attached hydrogen (secondary N) is 3. The fraction of sp³-hybridized carbons (Fsp3) is 0.346. The molecule has 0 bridgehead atoms. The van der Waals surface area contributed by atoms with Crippen molar-refractivity contribution in [2.75, 3.05) is 23.7 Å². The first-order valence-corrected chi connectivity index (χ1v) is 12.6. The zero-order valence-electron chi connectivity index (χ0n) is 20.1. The van der Waals surface area contributed by atoms with Gasteiger partial charge in [0.2, 0.25) is 5.95 Å². The maximum absolute atomic E-state index is 6.18. The second-order valence-electron chi connectivity index (χ2n) is 9.34. The Labute approximate surface area is 215 Å². The maximum atomic E-state index is 6.18. The van der Waals surface area contributed by atoms with Crippen LogP contribution in [-0.2, 0) is 6.54 Å². The Bertz CT molecular complexity index is 1340. The zero-order chi connectivity index (χ0) is 24.5. The summed E-state index contributed by atoms with van der Waals surface area (Å²) >= 11 is 12.2. The molecular weight excluding hydrogens is 481 g/mol. The minimum atomic E-state index is 0.298. The molecule has 1 saturated heterocycles. The maximum Gasteiger partial charge on any atom is 0.227 e. The molecule has 0 saturated carbocycles. The average Bonchev–Trinajstić information content (AvgIpc) is 3.29. The van der Waals surface area contributed by atoms with Gasteiger partial charge in [-0.05, 0) is 62.4 Å². The number of likely N-dealkylation sites (tertiary alicyclic amines) is 1. The van der Waals surface area contributed by atoms with Gasteiger partial charge in [0.1, 0.15) is 5.52 Å². The SMILES string of the molecule is Cc1cc(C)c(Nc2nc(NC3CCN(Cc4ccc(Cl)c(Cl)c4)CC3)nc3nc[nH]c23)c(C)c1. The minimum Gasteiger partial charge on any atom is -0.351 e. The number of piperidine rings is 1. The van der Waals surface area contributed by atoms with E-state index in [2.05, 4.69) is 63.4 Å². The van der Waals surface area contributed by atoms with E-state index in [4.69, 9.17) is 28.2 Å². The fourth-order valence-electron chi connectivity index (χ4n) is 4.80. The lowest BCUT2D eigenvalue weighted by Crippen LogP contribution is -2.39. The van der Waals surface area contributed by atoms with E-state index >= 15 is 0 Å². The first-order valence-electron chi connectivity index (χ1n) is 11.8. The van der Waals surface area contributed by atoms with E-state index in [9.17, 15) is 0 Å². The van der Waals surface area contributed by atoms with Crippen molar-refractivity contribution in [2.24, 2.45) is 0 Å². The van der Waals surface area contributed by atoms with Crippen LogP contribution >= 0.6 is 23.2 Å². The third-order valence-corrected chi connectivity index (χ3v) is 7.26. The molecule has 1 aliphatic rings. The average molecular weight is 510 g/mol. The van der Waals surface area contributed by atoms with Gasteiger partial charge in [0.05, 0.1) is 16.4 Å². The molecule has 2 aromatic carbocycles. The van der Waals surface area contributed by atoms with Crippen LogP contribution < -0.4 is 10.6 Å². The summed E-state index contributed by atoms with van der Waals surface area (Å²) in [4.78, 5) is 19.5. The number of benzene rings is 2. The number of anilines is 3. The second-order valence-corrected chi connectivity index (χ2v) is 10.2. The van der Waals surface area contributed by atoms with Gasteiger partial charge in [0.25, 0.3) is 0 Å². The summed E-state index contributed by atoms with van der Waals surface area (Å²) in [6.07, 6.45) is 3.66. The van der Waals surface area contributed by atoms with Crippen LogP contribution in [0.3, 0.4) is 0 Å². The summed E-state index contributed by atoms with van der Waals surface area (Å²) in [6, 6.07) is 10.5. The highest BCUT2D eigenvalue weighted by Crippen LogP contribution is 2.29. The number of aromatic nitrogens is 4. The van der Waals surface area contributed by atoms with Crippen LogP contribution in [0.2, 0.25) is 10.0 Å². The summed E-state index contributed by atoms with van der Waals surface area (Å²) in [5.41, 5.74) is 7.28. The predicted octanol–water partition coefficient (Wildman–Crippen LogP) is 6.41. The monoisotopic (exact) mass is 509 g/mol. The van der Waals surface area contributed by atoms with Gasteiger partial charge in [-0.15, -0.1) is 0 Å². The number of hydrogen-bond donors (Lipinski definition) is 3. The van der Waals surface area contributed by atoms with Crippen LogP contribution in [-0.4, -0.2) is 44.0 Å². The molecule has 0 spiro atoms. The molecule has 0 radical (unpaired) electrons. The summed E-state index contributed by atoms with van der Waals surface area (Å²) in [5, 5.41) is 8.27. The molecule has 0 aliphatic carbocycles. The van der Waals surface area contributed by atoms with Crippen LogP contribution in [0.15, 0.2) is 36.7 Å². The molecule has 7 nitrogen and oxygen atoms in total. The fourth-order valence-corrected chi connectivity index (χ4v) is 5.12. The number of nitrogens with zero attached hydrogens (tertiary/aromatic N) is 4. The molecule has 9 heteroatoms. The molecule has 3 heterocycles. The molecule has 5 rings (SSSR count). The molecule has 182 valence electrons. The van der Waals surface area contributed by atoms with Crippen molar-refractivity contribution in [1.29, 1.82) is 0 Å². The van der Waals surface area contributed by atoms with Gasteiger partial charge >= 0.3 is 0 Å². The molecule has 2 aromatic heterocycles. The molecule has 0 atom stereocenters. The zero-order valence-corrected chi connectivity index (χ0v) is 21.6. The number of halogens is 2. The number of fused-ring (bicyclic) bond motifs is 1. The minimum absolute atomic E-state index is 0.298. The van der Waals surface area contributed by atoms with E-state index in [0.717, 1.165) is 49.5 Å². The number of aryl methyl sites for hydroxylation is 3. The van der Waals surface area contributed by atoms with Crippen LogP contribution in [0.25, 0.3) is 11.2 Å². The molecule has 1 fully saturated rings. The molecule has 35 heavy (non-hydrogen) atoms. The van der Waals surface area contributed by atoms with Gasteiger partial charge in [-0.3, -0.25) is 4.90 Å². The Kier molecular flexibility index (Phi) is 6.82. The van der Waals surface area contributed by atoms with E-state index < -0.39 is 0 Å². The molecule has 3 N–H and O–H groups in total. The van der Waals surface area contributed by atoms with E-state index in [1.54, 1.807) is 6.33 Å². The highest BCUT2D eigenvalue weighted by molar-refractivity contribution is 6.42. The van der Waals surface area contributed by atoms with Gasteiger partial charge in [-0.1, -0.05) is 47.0 Å². The van der Waals surface area contributed by atoms with E-state index in [1.165, 1.54) is 22.3 Å². The van der Waals surface area contributed by atoms with Gasteiger partial charge in [-0.2, -0.15) is 9.97 Å². The Morgan fingerprint density at radius 1 is 1.00 bits per heavy atom. The van der Waals surface area contributed by atoms with Crippen molar-refractivity contribution >= 4 is 51.8 Å². The molecule has 1 aliphatic heterocycles. The second kappa shape index (κ2) is 10.0. The third-order valence-electron chi connectivity index (χ3n) is 6.52. The topological polar surface area (TPSA) is 81.8 Å². The van der Waals surface area contributed by atoms with Gasteiger partial charge in [0, 0.05) is 31.4 Å². The van der Waals surface area contributed by atoms with Crippen LogP contribution in [0, 0.1) is 20.8 Å². The largest absolute Gasteiger partial charge is 0.351 e. The lowest BCUT2D eigenvalue weighted by atomic mass is 10.0. The number of hydrogen-bond acceptors (Lipinski definition) is 6. The van der Waals surface area contributed by atoms with Crippen LogP contribution in [0.5, 0.6) is 0 Å². The highest BCUT2D eigenvalue weighted by atomic mass is 35.5. The first kappa shape index (κ1) is 23.9. The van der Waals surface area contributed by atoms with E-state index in [-0.39, 0.29) is 0 Å². The predicted molar refractivity (Wildman–Crippen MR) is 144 cm³/mol. The Balaban J connectivity index is 1.28. The van der Waals surface area contributed by atoms with E-state index in [0.29, 0.717) is 27.7 Å². The van der Waals surface area contributed by atoms with Crippen molar-refractivity contribution in [2.45, 2.75) is 46.2 Å². The summed E-state index contributed by atoms with van der Waals surface area (Å²) in [7, 11) is 0. The standard InChI is InChI=1S/C26H29Cl2N7/c1-15-10-16(2)22(17(3)11-15)32-25-23-24(30-14-29-23)33-26(34-25)31-19-6-8-35(9-7-19)13-18-4-5-20(27)21(28)12-18/h4-5,10-12,14,19H,6-9,13H2,1-3H3,(H3,29,30,31,32,33,34).